The van der Waals surface area contributed by atoms with Crippen LogP contribution in [0.5, 0.6) is 0 Å². The molecule has 1 amide bonds. The summed E-state index contributed by atoms with van der Waals surface area (Å²) in [5, 5.41) is 17.5. The zero-order valence-electron chi connectivity index (χ0n) is 14.2. The van der Waals surface area contributed by atoms with Gasteiger partial charge in [-0.2, -0.15) is 5.10 Å². The number of hydrogen-bond donors (Lipinski definition) is 2. The van der Waals surface area contributed by atoms with Crippen LogP contribution in [0.2, 0.25) is 0 Å². The molecular weight excluding hydrogens is 316 g/mol. The zero-order chi connectivity index (χ0) is 17.9. The highest BCUT2D eigenvalue weighted by molar-refractivity contribution is 5.94. The number of benzene rings is 2. The summed E-state index contributed by atoms with van der Waals surface area (Å²) in [5.74, 6) is -0.232. The van der Waals surface area contributed by atoms with Gasteiger partial charge in [-0.25, -0.2) is 9.67 Å². The number of aromatic nitrogens is 3. The fourth-order valence-electron chi connectivity index (χ4n) is 2.64. The number of carbonyl (C=O) groups is 1. The van der Waals surface area contributed by atoms with Crippen LogP contribution in [0.1, 0.15) is 28.4 Å². The van der Waals surface area contributed by atoms with Gasteiger partial charge in [0, 0.05) is 5.56 Å². The molecular formula is C19H20N4O2. The second-order valence-electron chi connectivity index (χ2n) is 6.16. The lowest BCUT2D eigenvalue weighted by atomic mass is 9.96. The Morgan fingerprint density at radius 1 is 1.24 bits per heavy atom. The van der Waals surface area contributed by atoms with Crippen molar-refractivity contribution in [2.24, 2.45) is 0 Å². The van der Waals surface area contributed by atoms with Crippen LogP contribution in [-0.4, -0.2) is 32.3 Å². The maximum Gasteiger partial charge on any atom is 0.251 e. The third kappa shape index (κ3) is 3.75. The van der Waals surface area contributed by atoms with Gasteiger partial charge in [0.2, 0.25) is 0 Å². The third-order valence-corrected chi connectivity index (χ3v) is 4.11. The lowest BCUT2D eigenvalue weighted by Crippen LogP contribution is -2.38. The van der Waals surface area contributed by atoms with Gasteiger partial charge in [-0.3, -0.25) is 4.79 Å². The number of nitrogens with zero attached hydrogens (tertiary/aromatic N) is 3. The van der Waals surface area contributed by atoms with Gasteiger partial charge < -0.3 is 10.4 Å². The maximum absolute atomic E-state index is 12.4. The van der Waals surface area contributed by atoms with Crippen LogP contribution in [0, 0.1) is 6.92 Å². The molecule has 0 aliphatic carbocycles. The number of rotatable bonds is 5. The Morgan fingerprint density at radius 2 is 2.00 bits per heavy atom. The summed E-state index contributed by atoms with van der Waals surface area (Å²) in [7, 11) is 0. The Balaban J connectivity index is 1.70. The molecule has 0 bridgehead atoms. The van der Waals surface area contributed by atoms with Crippen molar-refractivity contribution in [2.75, 3.05) is 6.54 Å². The minimum atomic E-state index is -1.13. The largest absolute Gasteiger partial charge is 0.384 e. The molecule has 1 atom stereocenters. The Bertz CT molecular complexity index is 858. The fourth-order valence-corrected chi connectivity index (χ4v) is 2.64. The third-order valence-electron chi connectivity index (χ3n) is 4.11. The summed E-state index contributed by atoms with van der Waals surface area (Å²) in [6.45, 7) is 3.72. The molecule has 1 unspecified atom stereocenters. The van der Waals surface area contributed by atoms with E-state index in [1.807, 2.05) is 43.3 Å². The van der Waals surface area contributed by atoms with Gasteiger partial charge in [-0.1, -0.05) is 30.3 Å². The number of aryl methyl sites for hydroxylation is 1. The van der Waals surface area contributed by atoms with Crippen LogP contribution in [0.3, 0.4) is 0 Å². The predicted octanol–water partition coefficient (Wildman–Crippen LogP) is 2.21. The van der Waals surface area contributed by atoms with Crippen LogP contribution < -0.4 is 5.32 Å². The van der Waals surface area contributed by atoms with Crippen LogP contribution in [0.15, 0.2) is 61.2 Å². The van der Waals surface area contributed by atoms with Crippen LogP contribution in [0.4, 0.5) is 0 Å². The molecule has 6 heteroatoms. The first kappa shape index (κ1) is 16.9. The van der Waals surface area contributed by atoms with Crippen molar-refractivity contribution in [2.45, 2.75) is 19.4 Å². The molecule has 0 spiro atoms. The van der Waals surface area contributed by atoms with Gasteiger partial charge >= 0.3 is 0 Å². The lowest BCUT2D eigenvalue weighted by Gasteiger charge is -2.24. The van der Waals surface area contributed by atoms with Crippen LogP contribution in [0.25, 0.3) is 5.69 Å². The molecule has 0 aliphatic heterocycles. The second kappa shape index (κ2) is 6.86. The highest BCUT2D eigenvalue weighted by Crippen LogP contribution is 2.19. The van der Waals surface area contributed by atoms with E-state index in [1.54, 1.807) is 30.1 Å². The quantitative estimate of drug-likeness (QED) is 0.749. The van der Waals surface area contributed by atoms with Gasteiger partial charge in [0.1, 0.15) is 18.3 Å². The smallest absolute Gasteiger partial charge is 0.251 e. The maximum atomic E-state index is 12.4. The molecule has 25 heavy (non-hydrogen) atoms. The average molecular weight is 336 g/mol. The summed E-state index contributed by atoms with van der Waals surface area (Å²) >= 11 is 0. The van der Waals surface area contributed by atoms with Crippen molar-refractivity contribution >= 4 is 5.91 Å². The topological polar surface area (TPSA) is 80.0 Å². The molecule has 3 aromatic rings. The minimum Gasteiger partial charge on any atom is -0.384 e. The predicted molar refractivity (Wildman–Crippen MR) is 94.4 cm³/mol. The second-order valence-corrected chi connectivity index (χ2v) is 6.16. The van der Waals surface area contributed by atoms with E-state index in [0.717, 1.165) is 16.8 Å². The normalized spacial score (nSPS) is 13.2. The monoisotopic (exact) mass is 336 g/mol. The molecule has 3 rings (SSSR count). The van der Waals surface area contributed by atoms with E-state index >= 15 is 0 Å². The van der Waals surface area contributed by atoms with Crippen molar-refractivity contribution in [3.05, 3.63) is 77.9 Å². The fraction of sp³-hybridized carbons (Fsp3) is 0.211. The van der Waals surface area contributed by atoms with Gasteiger partial charge in [-0.05, 0) is 43.2 Å². The van der Waals surface area contributed by atoms with E-state index in [-0.39, 0.29) is 12.5 Å². The highest BCUT2D eigenvalue weighted by Gasteiger charge is 2.23. The molecule has 1 heterocycles. The molecule has 6 nitrogen and oxygen atoms in total. The van der Waals surface area contributed by atoms with Crippen molar-refractivity contribution in [3.8, 4) is 5.69 Å². The first-order valence-corrected chi connectivity index (χ1v) is 7.99. The summed E-state index contributed by atoms with van der Waals surface area (Å²) in [6.07, 6.45) is 3.07. The van der Waals surface area contributed by atoms with Crippen molar-refractivity contribution < 1.29 is 9.90 Å². The van der Waals surface area contributed by atoms with Gasteiger partial charge in [0.15, 0.2) is 0 Å². The summed E-state index contributed by atoms with van der Waals surface area (Å²) in [6, 6.07) is 14.6. The molecule has 0 aliphatic rings. The molecule has 1 aromatic heterocycles. The van der Waals surface area contributed by atoms with E-state index in [2.05, 4.69) is 15.4 Å². The first-order valence-electron chi connectivity index (χ1n) is 7.99. The van der Waals surface area contributed by atoms with E-state index in [4.69, 9.17) is 0 Å². The summed E-state index contributed by atoms with van der Waals surface area (Å²) in [4.78, 5) is 16.3. The average Bonchev–Trinajstić information content (AvgIpc) is 3.15. The molecule has 2 aromatic carbocycles. The number of carbonyl (C=O) groups excluding carboxylic acids is 1. The standard InChI is InChI=1S/C19H20N4O2/c1-14-10-15(8-9-17(14)23-13-20-12-22-23)18(24)21-11-19(2,25)16-6-4-3-5-7-16/h3-10,12-13,25H,11H2,1-2H3,(H,21,24). The summed E-state index contributed by atoms with van der Waals surface area (Å²) in [5.41, 5.74) is 1.93. The van der Waals surface area contributed by atoms with Gasteiger partial charge in [-0.15, -0.1) is 0 Å². The Labute approximate surface area is 146 Å². The Hall–Kier alpha value is -2.99. The van der Waals surface area contributed by atoms with Crippen LogP contribution >= 0.6 is 0 Å². The Morgan fingerprint density at radius 3 is 2.64 bits per heavy atom. The SMILES string of the molecule is Cc1cc(C(=O)NCC(C)(O)c2ccccc2)ccc1-n1cncn1. The number of amides is 1. The van der Waals surface area contributed by atoms with Gasteiger partial charge in [0.25, 0.3) is 5.91 Å². The van der Waals surface area contributed by atoms with Crippen molar-refractivity contribution in [3.63, 3.8) is 0 Å². The molecule has 0 radical (unpaired) electrons. The molecule has 0 saturated heterocycles. The molecule has 0 saturated carbocycles. The van der Waals surface area contributed by atoms with Crippen molar-refractivity contribution in [1.29, 1.82) is 0 Å². The Kier molecular flexibility index (Phi) is 4.63. The van der Waals surface area contributed by atoms with E-state index in [0.29, 0.717) is 5.56 Å². The lowest BCUT2D eigenvalue weighted by molar-refractivity contribution is 0.0526. The minimum absolute atomic E-state index is 0.125. The zero-order valence-corrected chi connectivity index (χ0v) is 14.2. The first-order chi connectivity index (χ1) is 12.0. The number of aliphatic hydroxyl groups is 1. The number of hydrogen-bond acceptors (Lipinski definition) is 4. The van der Waals surface area contributed by atoms with Gasteiger partial charge in [0.05, 0.1) is 12.2 Å². The molecule has 2 N–H and O–H groups in total. The number of nitrogens with one attached hydrogen (secondary N) is 1. The van der Waals surface area contributed by atoms with Crippen molar-refractivity contribution in [1.82, 2.24) is 20.1 Å². The summed E-state index contributed by atoms with van der Waals surface area (Å²) < 4.78 is 1.65. The molecule has 128 valence electrons. The van der Waals surface area contributed by atoms with Crippen LogP contribution in [-0.2, 0) is 5.60 Å². The molecule has 0 fully saturated rings. The van der Waals surface area contributed by atoms with E-state index < -0.39 is 5.60 Å². The van der Waals surface area contributed by atoms with E-state index in [1.165, 1.54) is 6.33 Å². The van der Waals surface area contributed by atoms with E-state index in [9.17, 15) is 9.90 Å². The highest BCUT2D eigenvalue weighted by atomic mass is 16.3.